The van der Waals surface area contributed by atoms with Crippen molar-refractivity contribution in [3.05, 3.63) is 112 Å². The molecule has 6 heteroatoms. The normalized spacial score (nSPS) is 14.6. The second-order valence-corrected chi connectivity index (χ2v) is 8.77. The van der Waals surface area contributed by atoms with Crippen LogP contribution < -0.4 is 9.47 Å². The topological polar surface area (TPSA) is 79.6 Å². The lowest BCUT2D eigenvalue weighted by Gasteiger charge is -2.27. The lowest BCUT2D eigenvalue weighted by Crippen LogP contribution is -2.42. The van der Waals surface area contributed by atoms with Crippen LogP contribution in [0.5, 0.6) is 11.5 Å². The van der Waals surface area contributed by atoms with Gasteiger partial charge in [0, 0.05) is 5.57 Å². The van der Waals surface area contributed by atoms with E-state index in [0.717, 1.165) is 16.0 Å². The van der Waals surface area contributed by atoms with Crippen molar-refractivity contribution in [3.8, 4) is 17.6 Å². The first-order valence-electron chi connectivity index (χ1n) is 12.1. The number of nitrogens with zero attached hydrogens (tertiary/aromatic N) is 2. The zero-order valence-electron chi connectivity index (χ0n) is 21.2. The van der Waals surface area contributed by atoms with Gasteiger partial charge in [-0.25, -0.2) is 0 Å². The van der Waals surface area contributed by atoms with Crippen molar-refractivity contribution in [3.63, 3.8) is 0 Å². The van der Waals surface area contributed by atoms with E-state index in [1.54, 1.807) is 25.1 Å². The van der Waals surface area contributed by atoms with Crippen molar-refractivity contribution < 1.29 is 19.1 Å². The summed E-state index contributed by atoms with van der Waals surface area (Å²) in [4.78, 5) is 27.5. The van der Waals surface area contributed by atoms with E-state index in [1.807, 2.05) is 80.6 Å². The van der Waals surface area contributed by atoms with Crippen LogP contribution in [-0.4, -0.2) is 23.3 Å². The minimum absolute atomic E-state index is 0.0372. The summed E-state index contributed by atoms with van der Waals surface area (Å²) in [6, 6.07) is 24.7. The third-order valence-corrected chi connectivity index (χ3v) is 6.10. The first kappa shape index (κ1) is 25.5. The average molecular weight is 493 g/mol. The van der Waals surface area contributed by atoms with E-state index in [0.29, 0.717) is 41.4 Å². The highest BCUT2D eigenvalue weighted by atomic mass is 16.5. The van der Waals surface area contributed by atoms with Crippen LogP contribution in [0.1, 0.15) is 36.1 Å². The predicted molar refractivity (Wildman–Crippen MR) is 141 cm³/mol. The third kappa shape index (κ3) is 5.79. The molecule has 0 atom stereocenters. The van der Waals surface area contributed by atoms with Gasteiger partial charge in [0.05, 0.1) is 13.2 Å². The molecular weight excluding hydrogens is 464 g/mol. The zero-order valence-corrected chi connectivity index (χ0v) is 21.2. The van der Waals surface area contributed by atoms with Gasteiger partial charge in [-0.2, -0.15) is 5.26 Å². The maximum atomic E-state index is 13.4. The summed E-state index contributed by atoms with van der Waals surface area (Å²) in [5.74, 6) is 0.112. The fourth-order valence-corrected chi connectivity index (χ4v) is 4.05. The zero-order chi connectivity index (χ0) is 26.4. The number of rotatable bonds is 8. The number of imide groups is 1. The summed E-state index contributed by atoms with van der Waals surface area (Å²) in [6.45, 7) is 6.47. The maximum Gasteiger partial charge on any atom is 0.271 e. The first-order valence-corrected chi connectivity index (χ1v) is 12.1. The van der Waals surface area contributed by atoms with Gasteiger partial charge in [-0.05, 0) is 61.2 Å². The number of ether oxygens (including phenoxy) is 2. The molecule has 3 aromatic rings. The molecule has 3 aromatic carbocycles. The van der Waals surface area contributed by atoms with Gasteiger partial charge >= 0.3 is 0 Å². The number of hydrogen-bond acceptors (Lipinski definition) is 5. The Kier molecular flexibility index (Phi) is 7.85. The fraction of sp³-hybridized carbons (Fsp3) is 0.194. The van der Waals surface area contributed by atoms with E-state index in [1.165, 1.54) is 5.56 Å². The Labute approximate surface area is 217 Å². The monoisotopic (exact) mass is 492 g/mol. The highest BCUT2D eigenvalue weighted by molar-refractivity contribution is 6.19. The molecule has 4 rings (SSSR count). The molecule has 0 unspecified atom stereocenters. The number of carbonyl (C=O) groups is 2. The number of aryl methyl sites for hydroxylation is 1. The van der Waals surface area contributed by atoms with Gasteiger partial charge < -0.3 is 9.47 Å². The SMILES string of the molecule is CCOc1cc(/C=C2/C(=O)N(Cc3ccccc3)C(=O)C(C#N)=C2C)ccc1OCc1ccc(C)cc1. The van der Waals surface area contributed by atoms with Crippen molar-refractivity contribution in [1.29, 1.82) is 5.26 Å². The summed E-state index contributed by atoms with van der Waals surface area (Å²) in [5.41, 5.74) is 4.34. The van der Waals surface area contributed by atoms with Crippen molar-refractivity contribution >= 4 is 17.9 Å². The highest BCUT2D eigenvalue weighted by Crippen LogP contribution is 2.33. The number of carbonyl (C=O) groups excluding carboxylic acids is 2. The van der Waals surface area contributed by atoms with Gasteiger partial charge in [0.15, 0.2) is 11.5 Å². The molecule has 2 amide bonds. The van der Waals surface area contributed by atoms with Crippen molar-refractivity contribution in [2.75, 3.05) is 6.61 Å². The van der Waals surface area contributed by atoms with Crippen LogP contribution in [-0.2, 0) is 22.7 Å². The Balaban J connectivity index is 1.65. The van der Waals surface area contributed by atoms with Crippen LogP contribution in [0.3, 0.4) is 0 Å². The van der Waals surface area contributed by atoms with Crippen LogP contribution in [0.15, 0.2) is 89.5 Å². The lowest BCUT2D eigenvalue weighted by atomic mass is 9.93. The molecule has 1 heterocycles. The van der Waals surface area contributed by atoms with Crippen LogP contribution in [0, 0.1) is 18.3 Å². The molecule has 1 aliphatic rings. The molecule has 0 saturated heterocycles. The van der Waals surface area contributed by atoms with Crippen molar-refractivity contribution in [2.45, 2.75) is 33.9 Å². The Morgan fingerprint density at radius 3 is 2.27 bits per heavy atom. The van der Waals surface area contributed by atoms with Crippen LogP contribution in [0.4, 0.5) is 0 Å². The van der Waals surface area contributed by atoms with Gasteiger partial charge in [-0.3, -0.25) is 14.5 Å². The molecule has 0 aliphatic carbocycles. The molecule has 0 bridgehead atoms. The quantitative estimate of drug-likeness (QED) is 0.295. The Hall–Kier alpha value is -4.63. The second kappa shape index (κ2) is 11.4. The van der Waals surface area contributed by atoms with Gasteiger partial charge in [0.2, 0.25) is 0 Å². The number of amides is 2. The van der Waals surface area contributed by atoms with Crippen LogP contribution in [0.2, 0.25) is 0 Å². The molecule has 0 N–H and O–H groups in total. The van der Waals surface area contributed by atoms with E-state index in [-0.39, 0.29) is 12.1 Å². The van der Waals surface area contributed by atoms with Gasteiger partial charge in [-0.15, -0.1) is 0 Å². The average Bonchev–Trinajstić information content (AvgIpc) is 2.90. The summed E-state index contributed by atoms with van der Waals surface area (Å²) in [6.07, 6.45) is 1.69. The number of hydrogen-bond donors (Lipinski definition) is 0. The molecule has 0 spiro atoms. The Morgan fingerprint density at radius 2 is 1.59 bits per heavy atom. The van der Waals surface area contributed by atoms with E-state index in [9.17, 15) is 14.9 Å². The molecule has 0 radical (unpaired) electrons. The van der Waals surface area contributed by atoms with Crippen molar-refractivity contribution in [1.82, 2.24) is 4.90 Å². The molecule has 37 heavy (non-hydrogen) atoms. The van der Waals surface area contributed by atoms with Crippen molar-refractivity contribution in [2.24, 2.45) is 0 Å². The third-order valence-electron chi connectivity index (χ3n) is 6.10. The molecule has 0 aromatic heterocycles. The minimum Gasteiger partial charge on any atom is -0.490 e. The largest absolute Gasteiger partial charge is 0.490 e. The van der Waals surface area contributed by atoms with Gasteiger partial charge in [-0.1, -0.05) is 66.2 Å². The van der Waals surface area contributed by atoms with Gasteiger partial charge in [0.1, 0.15) is 18.2 Å². The highest BCUT2D eigenvalue weighted by Gasteiger charge is 2.35. The van der Waals surface area contributed by atoms with E-state index < -0.39 is 11.8 Å². The minimum atomic E-state index is -0.583. The molecule has 186 valence electrons. The number of nitriles is 1. The first-order chi connectivity index (χ1) is 17.9. The van der Waals surface area contributed by atoms with E-state index in [2.05, 4.69) is 0 Å². The summed E-state index contributed by atoms with van der Waals surface area (Å²) >= 11 is 0. The Morgan fingerprint density at radius 1 is 0.865 bits per heavy atom. The molecule has 1 aliphatic heterocycles. The predicted octanol–water partition coefficient (Wildman–Crippen LogP) is 5.77. The molecule has 6 nitrogen and oxygen atoms in total. The number of benzene rings is 3. The Bertz CT molecular complexity index is 1410. The molecule has 0 saturated carbocycles. The smallest absolute Gasteiger partial charge is 0.271 e. The summed E-state index contributed by atoms with van der Waals surface area (Å²) in [7, 11) is 0. The maximum absolute atomic E-state index is 13.4. The molecule has 0 fully saturated rings. The van der Waals surface area contributed by atoms with Crippen LogP contribution >= 0.6 is 0 Å². The summed E-state index contributed by atoms with van der Waals surface area (Å²) < 4.78 is 11.8. The van der Waals surface area contributed by atoms with Crippen LogP contribution in [0.25, 0.3) is 6.08 Å². The van der Waals surface area contributed by atoms with E-state index >= 15 is 0 Å². The lowest BCUT2D eigenvalue weighted by molar-refractivity contribution is -0.141. The van der Waals surface area contributed by atoms with E-state index in [4.69, 9.17) is 9.47 Å². The summed E-state index contributed by atoms with van der Waals surface area (Å²) in [5, 5.41) is 9.67. The molecular formula is C31H28N2O4. The van der Waals surface area contributed by atoms with Gasteiger partial charge in [0.25, 0.3) is 11.8 Å². The second-order valence-electron chi connectivity index (χ2n) is 8.77. The standard InChI is InChI=1S/C31H28N2O4/c1-4-36-29-17-25(14-15-28(29)37-20-24-12-10-21(2)11-13-24)16-26-22(3)27(18-32)31(35)33(30(26)34)19-23-8-6-5-7-9-23/h5-17H,4,19-20H2,1-3H3/b26-16+. The fourth-order valence-electron chi connectivity index (χ4n) is 4.05.